The summed E-state index contributed by atoms with van der Waals surface area (Å²) in [5, 5.41) is 14.0. The lowest BCUT2D eigenvalue weighted by atomic mass is 10.1. The average Bonchev–Trinajstić information content (AvgIpc) is 2.78. The van der Waals surface area contributed by atoms with Crippen molar-refractivity contribution in [2.75, 3.05) is 23.7 Å². The van der Waals surface area contributed by atoms with Crippen molar-refractivity contribution in [3.8, 4) is 0 Å². The number of nitrogens with zero attached hydrogens (tertiary/aromatic N) is 3. The summed E-state index contributed by atoms with van der Waals surface area (Å²) in [4.78, 5) is 38.2. The van der Waals surface area contributed by atoms with E-state index in [0.29, 0.717) is 12.1 Å². The van der Waals surface area contributed by atoms with E-state index in [0.717, 1.165) is 34.2 Å². The molecule has 0 unspecified atom stereocenters. The Balaban J connectivity index is 2.47. The van der Waals surface area contributed by atoms with E-state index in [1.807, 2.05) is 38.1 Å². The minimum Gasteiger partial charge on any atom is -0.354 e. The third-order valence-electron chi connectivity index (χ3n) is 5.50. The molecule has 0 aliphatic heterocycles. The summed E-state index contributed by atoms with van der Waals surface area (Å²) in [6.45, 7) is 6.92. The molecular weight excluding hydrogens is 472 g/mol. The molecule has 2 aromatic rings. The van der Waals surface area contributed by atoms with Gasteiger partial charge in [-0.25, -0.2) is 8.42 Å². The van der Waals surface area contributed by atoms with Crippen LogP contribution in [0.3, 0.4) is 0 Å². The zero-order chi connectivity index (χ0) is 26.3. The molecule has 11 heteroatoms. The third-order valence-corrected chi connectivity index (χ3v) is 6.63. The van der Waals surface area contributed by atoms with Crippen LogP contribution in [-0.2, 0) is 26.2 Å². The van der Waals surface area contributed by atoms with E-state index in [2.05, 4.69) is 5.32 Å². The van der Waals surface area contributed by atoms with E-state index in [-0.39, 0.29) is 23.8 Å². The van der Waals surface area contributed by atoms with Crippen LogP contribution in [0.15, 0.2) is 42.5 Å². The van der Waals surface area contributed by atoms with Crippen LogP contribution >= 0.6 is 0 Å². The summed E-state index contributed by atoms with van der Waals surface area (Å²) >= 11 is 0. The predicted molar refractivity (Wildman–Crippen MR) is 135 cm³/mol. The van der Waals surface area contributed by atoms with Gasteiger partial charge in [0.05, 0.1) is 16.9 Å². The Hall–Kier alpha value is -3.47. The van der Waals surface area contributed by atoms with Crippen molar-refractivity contribution in [2.24, 2.45) is 0 Å². The molecule has 10 nitrogen and oxygen atoms in total. The monoisotopic (exact) mass is 504 g/mol. The summed E-state index contributed by atoms with van der Waals surface area (Å²) < 4.78 is 26.2. The van der Waals surface area contributed by atoms with Gasteiger partial charge in [0.25, 0.3) is 5.69 Å². The van der Waals surface area contributed by atoms with Crippen molar-refractivity contribution in [3.63, 3.8) is 0 Å². The van der Waals surface area contributed by atoms with E-state index in [4.69, 9.17) is 0 Å². The Morgan fingerprint density at radius 2 is 1.83 bits per heavy atom. The van der Waals surface area contributed by atoms with Gasteiger partial charge in [-0.15, -0.1) is 0 Å². The number of anilines is 1. The van der Waals surface area contributed by atoms with Crippen LogP contribution in [0.2, 0.25) is 0 Å². The molecule has 35 heavy (non-hydrogen) atoms. The smallest absolute Gasteiger partial charge is 0.271 e. The zero-order valence-corrected chi connectivity index (χ0v) is 21.5. The maximum atomic E-state index is 13.5. The third kappa shape index (κ3) is 7.51. The van der Waals surface area contributed by atoms with Gasteiger partial charge in [-0.05, 0) is 38.3 Å². The Kier molecular flexibility index (Phi) is 9.35. The standard InChI is InChI=1S/C24H32N4O6S/c1-6-12-25-24(30)19(4)26(15-20-9-7-8-17(2)13-20)23(29)16-27(35(5,33)34)22-14-21(28(31)32)11-10-18(22)3/h7-11,13-14,19H,6,12,15-16H2,1-5H3,(H,25,30)/t19-/m0/s1. The van der Waals surface area contributed by atoms with Crippen molar-refractivity contribution >= 4 is 33.2 Å². The van der Waals surface area contributed by atoms with Gasteiger partial charge >= 0.3 is 0 Å². The minimum absolute atomic E-state index is 0.0358. The highest BCUT2D eigenvalue weighted by molar-refractivity contribution is 7.92. The number of sulfonamides is 1. The molecule has 0 spiro atoms. The van der Waals surface area contributed by atoms with Gasteiger partial charge in [-0.1, -0.05) is 42.8 Å². The number of hydrogen-bond donors (Lipinski definition) is 1. The molecule has 2 aromatic carbocycles. The largest absolute Gasteiger partial charge is 0.354 e. The molecular formula is C24H32N4O6S. The molecule has 0 aliphatic rings. The molecule has 2 rings (SSSR count). The zero-order valence-electron chi connectivity index (χ0n) is 20.6. The van der Waals surface area contributed by atoms with Crippen LogP contribution in [0, 0.1) is 24.0 Å². The number of amides is 2. The number of benzene rings is 2. The van der Waals surface area contributed by atoms with E-state index < -0.39 is 33.4 Å². The maximum Gasteiger partial charge on any atom is 0.271 e. The van der Waals surface area contributed by atoms with E-state index in [9.17, 15) is 28.1 Å². The molecule has 0 radical (unpaired) electrons. The number of aryl methyl sites for hydroxylation is 2. The first kappa shape index (κ1) is 27.8. The van der Waals surface area contributed by atoms with Gasteiger partial charge in [-0.3, -0.25) is 24.0 Å². The number of rotatable bonds is 11. The SMILES string of the molecule is CCCNC(=O)[C@H](C)N(Cc1cccc(C)c1)C(=O)CN(c1cc([N+](=O)[O-])ccc1C)S(C)(=O)=O. The van der Waals surface area contributed by atoms with Crippen LogP contribution < -0.4 is 9.62 Å². The van der Waals surface area contributed by atoms with Crippen LogP contribution in [0.1, 0.15) is 37.0 Å². The number of nitro benzene ring substituents is 1. The van der Waals surface area contributed by atoms with Gasteiger partial charge < -0.3 is 10.2 Å². The molecule has 0 saturated carbocycles. The molecule has 1 N–H and O–H groups in total. The van der Waals surface area contributed by atoms with Gasteiger partial charge in [0.15, 0.2) is 0 Å². The fourth-order valence-electron chi connectivity index (χ4n) is 3.56. The van der Waals surface area contributed by atoms with Crippen LogP contribution in [0.4, 0.5) is 11.4 Å². The lowest BCUT2D eigenvalue weighted by molar-refractivity contribution is -0.384. The number of non-ortho nitro benzene ring substituents is 1. The van der Waals surface area contributed by atoms with E-state index in [1.165, 1.54) is 17.0 Å². The number of nitrogens with one attached hydrogen (secondary N) is 1. The highest BCUT2D eigenvalue weighted by Crippen LogP contribution is 2.28. The normalized spacial score (nSPS) is 12.0. The summed E-state index contributed by atoms with van der Waals surface area (Å²) in [5.41, 5.74) is 1.95. The van der Waals surface area contributed by atoms with Gasteiger partial charge in [0, 0.05) is 25.2 Å². The minimum atomic E-state index is -3.99. The summed E-state index contributed by atoms with van der Waals surface area (Å²) in [6, 6.07) is 10.4. The van der Waals surface area contributed by atoms with E-state index >= 15 is 0 Å². The van der Waals surface area contributed by atoms with Crippen molar-refractivity contribution in [1.82, 2.24) is 10.2 Å². The second kappa shape index (κ2) is 11.8. The number of carbonyl (C=O) groups is 2. The van der Waals surface area contributed by atoms with Crippen molar-refractivity contribution in [1.29, 1.82) is 0 Å². The summed E-state index contributed by atoms with van der Waals surface area (Å²) in [5.74, 6) is -0.965. The molecule has 1 atom stereocenters. The predicted octanol–water partition coefficient (Wildman–Crippen LogP) is 2.92. The molecule has 2 amide bonds. The van der Waals surface area contributed by atoms with Gasteiger partial charge in [0.1, 0.15) is 12.6 Å². The quantitative estimate of drug-likeness (QED) is 0.370. The lowest BCUT2D eigenvalue weighted by Gasteiger charge is -2.32. The van der Waals surface area contributed by atoms with Crippen molar-refractivity contribution < 1.29 is 22.9 Å². The summed E-state index contributed by atoms with van der Waals surface area (Å²) in [6.07, 6.45) is 1.65. The number of hydrogen-bond acceptors (Lipinski definition) is 6. The summed E-state index contributed by atoms with van der Waals surface area (Å²) in [7, 11) is -3.99. The molecule has 190 valence electrons. The Morgan fingerprint density at radius 3 is 2.40 bits per heavy atom. The molecule has 0 aromatic heterocycles. The van der Waals surface area contributed by atoms with Crippen LogP contribution in [0.5, 0.6) is 0 Å². The Morgan fingerprint density at radius 1 is 1.14 bits per heavy atom. The van der Waals surface area contributed by atoms with Gasteiger partial charge in [-0.2, -0.15) is 0 Å². The van der Waals surface area contributed by atoms with Crippen molar-refractivity contribution in [2.45, 2.75) is 46.7 Å². The highest BCUT2D eigenvalue weighted by Gasteiger charge is 2.31. The molecule has 0 aliphatic carbocycles. The van der Waals surface area contributed by atoms with Gasteiger partial charge in [0.2, 0.25) is 21.8 Å². The maximum absolute atomic E-state index is 13.5. The molecule has 0 heterocycles. The molecule has 0 bridgehead atoms. The highest BCUT2D eigenvalue weighted by atomic mass is 32.2. The first-order chi connectivity index (χ1) is 16.3. The fourth-order valence-corrected chi connectivity index (χ4v) is 4.46. The fraction of sp³-hybridized carbons (Fsp3) is 0.417. The first-order valence-electron chi connectivity index (χ1n) is 11.2. The average molecular weight is 505 g/mol. The second-order valence-electron chi connectivity index (χ2n) is 8.48. The second-order valence-corrected chi connectivity index (χ2v) is 10.4. The lowest BCUT2D eigenvalue weighted by Crippen LogP contribution is -2.51. The first-order valence-corrected chi connectivity index (χ1v) is 13.1. The van der Waals surface area contributed by atoms with Crippen LogP contribution in [-0.4, -0.2) is 55.4 Å². The van der Waals surface area contributed by atoms with Crippen LogP contribution in [0.25, 0.3) is 0 Å². The van der Waals surface area contributed by atoms with Crippen molar-refractivity contribution in [3.05, 3.63) is 69.3 Å². The Labute approximate surface area is 206 Å². The molecule has 0 saturated heterocycles. The van der Waals surface area contributed by atoms with E-state index in [1.54, 1.807) is 13.8 Å². The number of nitro groups is 1. The molecule has 0 fully saturated rings. The Bertz CT molecular complexity index is 1200. The topological polar surface area (TPSA) is 130 Å². The number of carbonyl (C=O) groups excluding carboxylic acids is 2.